The highest BCUT2D eigenvalue weighted by Gasteiger charge is 2.36. The summed E-state index contributed by atoms with van der Waals surface area (Å²) in [5, 5.41) is 0. The van der Waals surface area contributed by atoms with Crippen LogP contribution in [0.25, 0.3) is 0 Å². The van der Waals surface area contributed by atoms with Crippen LogP contribution in [0, 0.1) is 13.8 Å². The molecule has 2 amide bonds. The van der Waals surface area contributed by atoms with E-state index in [9.17, 15) is 19.2 Å². The van der Waals surface area contributed by atoms with Gasteiger partial charge < -0.3 is 18.8 Å². The monoisotopic (exact) mass is 488 g/mol. The number of ether oxygens (including phenoxy) is 3. The van der Waals surface area contributed by atoms with Crippen LogP contribution in [0.4, 0.5) is 0 Å². The molecule has 0 spiro atoms. The number of para-hydroxylation sites is 2. The lowest BCUT2D eigenvalue weighted by atomic mass is 10.1. The molecule has 0 saturated heterocycles. The van der Waals surface area contributed by atoms with Crippen LogP contribution >= 0.6 is 0 Å². The van der Waals surface area contributed by atoms with Gasteiger partial charge in [-0.1, -0.05) is 24.3 Å². The van der Waals surface area contributed by atoms with E-state index in [0.717, 1.165) is 16.3 Å². The van der Waals surface area contributed by atoms with Crippen molar-refractivity contribution in [2.45, 2.75) is 26.5 Å². The van der Waals surface area contributed by atoms with Crippen LogP contribution in [0.3, 0.4) is 0 Å². The molecule has 0 saturated carbocycles. The molecule has 0 fully saturated rings. The van der Waals surface area contributed by atoms with Crippen LogP contribution in [0.5, 0.6) is 11.5 Å². The molecule has 9 nitrogen and oxygen atoms in total. The first-order valence-corrected chi connectivity index (χ1v) is 11.5. The fourth-order valence-electron chi connectivity index (χ4n) is 4.50. The molecule has 3 heterocycles. The highest BCUT2D eigenvalue weighted by molar-refractivity contribution is 6.22. The Kier molecular flexibility index (Phi) is 6.05. The lowest BCUT2D eigenvalue weighted by molar-refractivity contribution is -0.142. The molecular weight excluding hydrogens is 464 g/mol. The Morgan fingerprint density at radius 1 is 0.972 bits per heavy atom. The number of ketones is 1. The van der Waals surface area contributed by atoms with Crippen LogP contribution in [-0.4, -0.2) is 58.9 Å². The second kappa shape index (κ2) is 9.33. The first-order valence-electron chi connectivity index (χ1n) is 11.5. The average molecular weight is 488 g/mol. The maximum absolute atomic E-state index is 12.8. The van der Waals surface area contributed by atoms with Crippen molar-refractivity contribution in [3.63, 3.8) is 0 Å². The van der Waals surface area contributed by atoms with E-state index < -0.39 is 30.9 Å². The molecule has 0 aliphatic carbocycles. The van der Waals surface area contributed by atoms with Gasteiger partial charge in [-0.15, -0.1) is 0 Å². The molecule has 0 radical (unpaired) electrons. The second-order valence-corrected chi connectivity index (χ2v) is 8.72. The number of hydrogen-bond acceptors (Lipinski definition) is 7. The van der Waals surface area contributed by atoms with Gasteiger partial charge in [0.15, 0.2) is 24.2 Å². The topological polar surface area (TPSA) is 104 Å². The normalized spacial score (nSPS) is 16.2. The largest absolute Gasteiger partial charge is 0.486 e. The fraction of sp³-hybridized carbons (Fsp3) is 0.259. The summed E-state index contributed by atoms with van der Waals surface area (Å²) in [4.78, 5) is 50.9. The number of carbonyl (C=O) groups is 4. The SMILES string of the molecule is Cc1cc(C(=O)COC(=O)CN2C(=O)c3ccccc3C2=O)c(C)n1CC1COc2ccccc2O1. The summed E-state index contributed by atoms with van der Waals surface area (Å²) in [6, 6.07) is 15.6. The molecule has 2 aromatic carbocycles. The van der Waals surface area contributed by atoms with E-state index in [4.69, 9.17) is 14.2 Å². The van der Waals surface area contributed by atoms with Gasteiger partial charge in [0.25, 0.3) is 11.8 Å². The fourth-order valence-corrected chi connectivity index (χ4v) is 4.50. The van der Waals surface area contributed by atoms with Gasteiger partial charge in [0.2, 0.25) is 5.78 Å². The zero-order valence-corrected chi connectivity index (χ0v) is 19.9. The van der Waals surface area contributed by atoms with Crippen molar-refractivity contribution in [3.8, 4) is 11.5 Å². The Hall–Kier alpha value is -4.40. The number of Topliss-reactive ketones (excluding diaryl/α,β-unsaturated/α-hetero) is 1. The average Bonchev–Trinajstić information content (AvgIpc) is 3.30. The number of carbonyl (C=O) groups excluding carboxylic acids is 4. The summed E-state index contributed by atoms with van der Waals surface area (Å²) in [6.45, 7) is 3.52. The molecule has 9 heteroatoms. The van der Waals surface area contributed by atoms with Crippen molar-refractivity contribution in [2.24, 2.45) is 0 Å². The van der Waals surface area contributed by atoms with Crippen molar-refractivity contribution in [1.29, 1.82) is 0 Å². The van der Waals surface area contributed by atoms with Crippen molar-refractivity contribution in [3.05, 3.63) is 82.7 Å². The van der Waals surface area contributed by atoms with Gasteiger partial charge in [-0.3, -0.25) is 24.1 Å². The van der Waals surface area contributed by atoms with E-state index in [2.05, 4.69) is 0 Å². The first kappa shape index (κ1) is 23.3. The van der Waals surface area contributed by atoms with E-state index in [1.807, 2.05) is 42.7 Å². The Labute approximate surface area is 207 Å². The zero-order valence-electron chi connectivity index (χ0n) is 19.9. The molecule has 36 heavy (non-hydrogen) atoms. The number of hydrogen-bond donors (Lipinski definition) is 0. The number of esters is 1. The molecule has 3 aromatic rings. The molecule has 0 bridgehead atoms. The summed E-state index contributed by atoms with van der Waals surface area (Å²) >= 11 is 0. The Morgan fingerprint density at radius 3 is 2.31 bits per heavy atom. The van der Waals surface area contributed by atoms with Crippen molar-refractivity contribution >= 4 is 23.6 Å². The van der Waals surface area contributed by atoms with Gasteiger partial charge in [0.05, 0.1) is 17.7 Å². The van der Waals surface area contributed by atoms with Crippen molar-refractivity contribution < 1.29 is 33.4 Å². The summed E-state index contributed by atoms with van der Waals surface area (Å²) in [7, 11) is 0. The van der Waals surface area contributed by atoms with Gasteiger partial charge in [-0.05, 0) is 44.2 Å². The minimum absolute atomic E-state index is 0.231. The Morgan fingerprint density at radius 2 is 1.61 bits per heavy atom. The molecular formula is C27H24N2O7. The predicted molar refractivity (Wildman–Crippen MR) is 127 cm³/mol. The molecule has 2 aliphatic rings. The van der Waals surface area contributed by atoms with Crippen LogP contribution in [0.2, 0.25) is 0 Å². The minimum atomic E-state index is -0.835. The third-order valence-corrected chi connectivity index (χ3v) is 6.36. The summed E-state index contributed by atoms with van der Waals surface area (Å²) in [5.74, 6) is -0.946. The molecule has 1 unspecified atom stereocenters. The molecule has 2 aliphatic heterocycles. The van der Waals surface area contributed by atoms with Crippen LogP contribution in [0.15, 0.2) is 54.6 Å². The van der Waals surface area contributed by atoms with Gasteiger partial charge in [0, 0.05) is 17.0 Å². The third-order valence-electron chi connectivity index (χ3n) is 6.36. The number of benzene rings is 2. The zero-order chi connectivity index (χ0) is 25.4. The van der Waals surface area contributed by atoms with Crippen LogP contribution in [0.1, 0.15) is 42.5 Å². The smallest absolute Gasteiger partial charge is 0.326 e. The number of amides is 2. The summed E-state index contributed by atoms with van der Waals surface area (Å²) in [5.41, 5.74) is 2.49. The van der Waals surface area contributed by atoms with Gasteiger partial charge in [-0.25, -0.2) is 0 Å². The number of rotatable bonds is 7. The maximum Gasteiger partial charge on any atom is 0.326 e. The van der Waals surface area contributed by atoms with E-state index in [1.165, 1.54) is 12.1 Å². The molecule has 5 rings (SSSR count). The first-order chi connectivity index (χ1) is 17.3. The third kappa shape index (κ3) is 4.24. The highest BCUT2D eigenvalue weighted by atomic mass is 16.6. The second-order valence-electron chi connectivity index (χ2n) is 8.72. The van der Waals surface area contributed by atoms with E-state index in [1.54, 1.807) is 18.2 Å². The van der Waals surface area contributed by atoms with E-state index in [0.29, 0.717) is 30.2 Å². The van der Waals surface area contributed by atoms with Crippen LogP contribution in [-0.2, 0) is 16.1 Å². The predicted octanol–water partition coefficient (Wildman–Crippen LogP) is 2.97. The van der Waals surface area contributed by atoms with Gasteiger partial charge >= 0.3 is 5.97 Å². The number of aromatic nitrogens is 1. The summed E-state index contributed by atoms with van der Waals surface area (Å²) in [6.07, 6.45) is -0.231. The highest BCUT2D eigenvalue weighted by Crippen LogP contribution is 2.31. The summed E-state index contributed by atoms with van der Waals surface area (Å²) < 4.78 is 18.9. The Bertz CT molecular complexity index is 1360. The standard InChI is InChI=1S/C27H24N2O7/c1-16-11-21(17(2)28(16)12-18-14-34-23-9-5-6-10-24(23)36-18)22(30)15-35-25(31)13-29-26(32)19-7-3-4-8-20(19)27(29)33/h3-11,18H,12-15H2,1-2H3. The number of nitrogens with zero attached hydrogens (tertiary/aromatic N) is 2. The lowest BCUT2D eigenvalue weighted by Crippen LogP contribution is -2.36. The maximum atomic E-state index is 12.8. The number of fused-ring (bicyclic) bond motifs is 2. The number of imide groups is 1. The van der Waals surface area contributed by atoms with Crippen molar-refractivity contribution in [2.75, 3.05) is 19.8 Å². The van der Waals surface area contributed by atoms with Crippen LogP contribution < -0.4 is 9.47 Å². The number of aryl methyl sites for hydroxylation is 1. The van der Waals surface area contributed by atoms with Gasteiger partial charge in [-0.2, -0.15) is 0 Å². The quantitative estimate of drug-likeness (QED) is 0.286. The van der Waals surface area contributed by atoms with Gasteiger partial charge in [0.1, 0.15) is 13.2 Å². The minimum Gasteiger partial charge on any atom is -0.486 e. The Balaban J connectivity index is 1.19. The molecule has 1 atom stereocenters. The lowest BCUT2D eigenvalue weighted by Gasteiger charge is -2.27. The van der Waals surface area contributed by atoms with Crippen molar-refractivity contribution in [1.82, 2.24) is 9.47 Å². The molecule has 184 valence electrons. The molecule has 0 N–H and O–H groups in total. The van der Waals surface area contributed by atoms with E-state index >= 15 is 0 Å². The van der Waals surface area contributed by atoms with E-state index in [-0.39, 0.29) is 23.0 Å². The molecule has 1 aromatic heterocycles.